The second-order valence-electron chi connectivity index (χ2n) is 6.32. The molecule has 1 unspecified atom stereocenters. The van der Waals surface area contributed by atoms with Gasteiger partial charge in [0.05, 0.1) is 0 Å². The second kappa shape index (κ2) is 6.43. The maximum Gasteiger partial charge on any atom is 0.534 e. The topological polar surface area (TPSA) is 60.4 Å². The van der Waals surface area contributed by atoms with E-state index in [0.717, 1.165) is 12.1 Å². The van der Waals surface area contributed by atoms with Crippen LogP contribution in [0.4, 0.5) is 26.3 Å². The first-order valence-corrected chi connectivity index (χ1v) is 8.82. The molecule has 2 rings (SSSR count). The van der Waals surface area contributed by atoms with Crippen molar-refractivity contribution in [1.29, 1.82) is 0 Å². The highest BCUT2D eigenvalue weighted by Gasteiger charge is 2.52. The van der Waals surface area contributed by atoms with Crippen LogP contribution in [0.2, 0.25) is 0 Å². The van der Waals surface area contributed by atoms with Crippen LogP contribution in [0.1, 0.15) is 35.3 Å². The minimum absolute atomic E-state index is 0.0119. The summed E-state index contributed by atoms with van der Waals surface area (Å²) in [5, 5.41) is 0. The van der Waals surface area contributed by atoms with Crippen molar-refractivity contribution in [3.05, 3.63) is 28.8 Å². The Balaban J connectivity index is 2.61. The minimum Gasteiger partial charge on any atom is -0.375 e. The lowest BCUT2D eigenvalue weighted by atomic mass is 9.97. The standard InChI is InChI=1S/C15H14F6O4S/c1-7(2)5-8-3-4-9-10(6-11(12(9)22)14(16,17)18)13(8)25-26(23,24)15(19,20)21/h3-4,7,11H,5-6H2,1-2H3. The number of hydrogen-bond acceptors (Lipinski definition) is 4. The first-order valence-electron chi connectivity index (χ1n) is 7.41. The molecule has 0 N–H and O–H groups in total. The van der Waals surface area contributed by atoms with Crippen molar-refractivity contribution in [3.8, 4) is 5.75 Å². The smallest absolute Gasteiger partial charge is 0.375 e. The maximum atomic E-state index is 13.0. The molecule has 0 saturated carbocycles. The summed E-state index contributed by atoms with van der Waals surface area (Å²) in [6.45, 7) is 3.36. The molecular weight excluding hydrogens is 390 g/mol. The highest BCUT2D eigenvalue weighted by Crippen LogP contribution is 2.44. The molecule has 146 valence electrons. The Kier molecular flexibility index (Phi) is 5.08. The van der Waals surface area contributed by atoms with Gasteiger partial charge in [0.15, 0.2) is 5.78 Å². The summed E-state index contributed by atoms with van der Waals surface area (Å²) in [4.78, 5) is 11.9. The molecule has 1 atom stereocenters. The molecule has 0 amide bonds. The fourth-order valence-electron chi connectivity index (χ4n) is 2.72. The Morgan fingerprint density at radius 3 is 2.19 bits per heavy atom. The molecule has 26 heavy (non-hydrogen) atoms. The number of carbonyl (C=O) groups is 1. The Morgan fingerprint density at radius 2 is 1.73 bits per heavy atom. The van der Waals surface area contributed by atoms with E-state index in [9.17, 15) is 39.6 Å². The van der Waals surface area contributed by atoms with Gasteiger partial charge in [-0.2, -0.15) is 34.8 Å². The summed E-state index contributed by atoms with van der Waals surface area (Å²) in [6.07, 6.45) is -5.82. The molecule has 0 bridgehead atoms. The highest BCUT2D eigenvalue weighted by atomic mass is 32.2. The summed E-state index contributed by atoms with van der Waals surface area (Å²) in [5.74, 6) is -4.76. The molecule has 11 heteroatoms. The molecule has 0 heterocycles. The molecule has 0 fully saturated rings. The maximum absolute atomic E-state index is 13.0. The molecule has 0 saturated heterocycles. The number of alkyl halides is 6. The fourth-order valence-corrected chi connectivity index (χ4v) is 3.24. The fraction of sp³-hybridized carbons (Fsp3) is 0.533. The zero-order valence-electron chi connectivity index (χ0n) is 13.5. The molecule has 0 aromatic heterocycles. The Bertz CT molecular complexity index is 824. The largest absolute Gasteiger partial charge is 0.534 e. The molecule has 1 aliphatic rings. The van der Waals surface area contributed by atoms with Gasteiger partial charge < -0.3 is 4.18 Å². The summed E-state index contributed by atoms with van der Waals surface area (Å²) < 4.78 is 104. The number of rotatable bonds is 4. The van der Waals surface area contributed by atoms with Crippen molar-refractivity contribution in [3.63, 3.8) is 0 Å². The first-order chi connectivity index (χ1) is 11.6. The average Bonchev–Trinajstić information content (AvgIpc) is 2.77. The highest BCUT2D eigenvalue weighted by molar-refractivity contribution is 7.88. The molecule has 0 aliphatic heterocycles. The van der Waals surface area contributed by atoms with E-state index in [1.54, 1.807) is 13.8 Å². The van der Waals surface area contributed by atoms with Gasteiger partial charge in [0.2, 0.25) is 0 Å². The van der Waals surface area contributed by atoms with E-state index in [1.807, 2.05) is 0 Å². The van der Waals surface area contributed by atoms with E-state index >= 15 is 0 Å². The van der Waals surface area contributed by atoms with E-state index in [0.29, 0.717) is 0 Å². The van der Waals surface area contributed by atoms with Crippen molar-refractivity contribution < 1.29 is 43.7 Å². The summed E-state index contributed by atoms with van der Waals surface area (Å²) in [7, 11) is -6.09. The van der Waals surface area contributed by atoms with E-state index in [-0.39, 0.29) is 17.9 Å². The van der Waals surface area contributed by atoms with Crippen LogP contribution in [0.25, 0.3) is 0 Å². The monoisotopic (exact) mass is 404 g/mol. The zero-order chi connectivity index (χ0) is 20.1. The predicted molar refractivity (Wildman–Crippen MR) is 78.2 cm³/mol. The van der Waals surface area contributed by atoms with Gasteiger partial charge in [0.25, 0.3) is 0 Å². The lowest BCUT2D eigenvalue weighted by Gasteiger charge is -2.17. The van der Waals surface area contributed by atoms with Crippen LogP contribution in [0.5, 0.6) is 5.75 Å². The molecule has 0 spiro atoms. The SMILES string of the molecule is CC(C)Cc1ccc2c(c1OS(=O)(=O)C(F)(F)F)CC(C(F)(F)F)C2=O. The number of Topliss-reactive ketones (excluding diaryl/α,β-unsaturated/α-hetero) is 1. The van der Waals surface area contributed by atoms with Crippen LogP contribution in [0.3, 0.4) is 0 Å². The van der Waals surface area contributed by atoms with Crippen LogP contribution in [0, 0.1) is 11.8 Å². The van der Waals surface area contributed by atoms with Crippen molar-refractivity contribution in [2.24, 2.45) is 11.8 Å². The number of hydrogen-bond donors (Lipinski definition) is 0. The number of carbonyl (C=O) groups excluding carboxylic acids is 1. The predicted octanol–water partition coefficient (Wildman–Crippen LogP) is 4.03. The van der Waals surface area contributed by atoms with Crippen LogP contribution in [-0.4, -0.2) is 25.9 Å². The van der Waals surface area contributed by atoms with Crippen LogP contribution < -0.4 is 4.18 Å². The Hall–Kier alpha value is -1.78. The van der Waals surface area contributed by atoms with Crippen LogP contribution >= 0.6 is 0 Å². The molecule has 1 aromatic carbocycles. The molecular formula is C15H14F6O4S. The van der Waals surface area contributed by atoms with Crippen molar-refractivity contribution >= 4 is 15.9 Å². The lowest BCUT2D eigenvalue weighted by Crippen LogP contribution is -2.29. The van der Waals surface area contributed by atoms with Crippen molar-refractivity contribution in [2.75, 3.05) is 0 Å². The van der Waals surface area contributed by atoms with Gasteiger partial charge in [-0.1, -0.05) is 26.0 Å². The zero-order valence-corrected chi connectivity index (χ0v) is 14.3. The third-order valence-electron chi connectivity index (χ3n) is 3.83. The van der Waals surface area contributed by atoms with Crippen molar-refractivity contribution in [2.45, 2.75) is 38.4 Å². The lowest BCUT2D eigenvalue weighted by molar-refractivity contribution is -0.158. The molecule has 1 aromatic rings. The third kappa shape index (κ3) is 3.81. The van der Waals surface area contributed by atoms with Gasteiger partial charge in [-0.3, -0.25) is 4.79 Å². The van der Waals surface area contributed by atoms with Gasteiger partial charge in [-0.05, 0) is 24.3 Å². The van der Waals surface area contributed by atoms with Gasteiger partial charge in [-0.15, -0.1) is 0 Å². The number of ketones is 1. The number of fused-ring (bicyclic) bond motifs is 1. The summed E-state index contributed by atoms with van der Waals surface area (Å²) in [6, 6.07) is 2.19. The van der Waals surface area contributed by atoms with Gasteiger partial charge in [0, 0.05) is 11.1 Å². The Labute approximate surface area is 145 Å². The van der Waals surface area contributed by atoms with Crippen molar-refractivity contribution in [1.82, 2.24) is 0 Å². The quantitative estimate of drug-likeness (QED) is 0.432. The van der Waals surface area contributed by atoms with E-state index in [2.05, 4.69) is 4.18 Å². The number of halogens is 6. The first kappa shape index (κ1) is 20.5. The molecule has 4 nitrogen and oxygen atoms in total. The van der Waals surface area contributed by atoms with E-state index < -0.39 is 56.8 Å². The van der Waals surface area contributed by atoms with E-state index in [4.69, 9.17) is 0 Å². The van der Waals surface area contributed by atoms with Crippen LogP contribution in [0.15, 0.2) is 12.1 Å². The van der Waals surface area contributed by atoms with Gasteiger partial charge in [-0.25, -0.2) is 0 Å². The molecule has 0 radical (unpaired) electrons. The van der Waals surface area contributed by atoms with Crippen LogP contribution in [-0.2, 0) is 23.0 Å². The number of benzene rings is 1. The van der Waals surface area contributed by atoms with Gasteiger partial charge in [0.1, 0.15) is 11.7 Å². The average molecular weight is 404 g/mol. The van der Waals surface area contributed by atoms with Gasteiger partial charge >= 0.3 is 21.8 Å². The normalized spacial score (nSPS) is 18.3. The Morgan fingerprint density at radius 1 is 1.15 bits per heavy atom. The second-order valence-corrected chi connectivity index (χ2v) is 7.86. The third-order valence-corrected chi connectivity index (χ3v) is 4.79. The summed E-state index contributed by atoms with van der Waals surface area (Å²) in [5.41, 5.74) is -6.71. The van der Waals surface area contributed by atoms with E-state index in [1.165, 1.54) is 0 Å². The minimum atomic E-state index is -6.09. The molecule has 1 aliphatic carbocycles. The summed E-state index contributed by atoms with van der Waals surface area (Å²) >= 11 is 0.